The van der Waals surface area contributed by atoms with Crippen LogP contribution in [-0.4, -0.2) is 120 Å². The zero-order valence-electron chi connectivity index (χ0n) is 12.0. The smallest absolute Gasteiger partial charge is 0.230 e. The van der Waals surface area contributed by atoms with Gasteiger partial charge in [0.15, 0.2) is 5.60 Å². The molecule has 0 amide bonds. The average molecular weight is 342 g/mol. The summed E-state index contributed by atoms with van der Waals surface area (Å²) in [5.41, 5.74) is -2.53. The monoisotopic (exact) mass is 342 g/mol. The van der Waals surface area contributed by atoms with Crippen molar-refractivity contribution in [3.05, 3.63) is 0 Å². The van der Waals surface area contributed by atoms with Crippen LogP contribution in [0.1, 0.15) is 0 Å². The van der Waals surface area contributed by atoms with Crippen molar-refractivity contribution in [1.29, 1.82) is 0 Å². The highest BCUT2D eigenvalue weighted by Crippen LogP contribution is 2.45. The minimum atomic E-state index is -2.99. The van der Waals surface area contributed by atoms with Gasteiger partial charge in [-0.3, -0.25) is 0 Å². The fraction of sp³-hybridized carbons (Fsp3) is 1.00. The van der Waals surface area contributed by atoms with Gasteiger partial charge >= 0.3 is 0 Å². The lowest BCUT2D eigenvalue weighted by Gasteiger charge is -2.53. The van der Waals surface area contributed by atoms with E-state index >= 15 is 0 Å². The molecule has 11 heteroatoms. The number of aliphatic hydroxyl groups is 9. The molecule has 2 saturated heterocycles. The summed E-state index contributed by atoms with van der Waals surface area (Å²) >= 11 is 0. The van der Waals surface area contributed by atoms with E-state index in [0.29, 0.717) is 0 Å². The van der Waals surface area contributed by atoms with Gasteiger partial charge in [0.2, 0.25) is 5.79 Å². The first kappa shape index (κ1) is 18.9. The molecule has 0 aromatic rings. The summed E-state index contributed by atoms with van der Waals surface area (Å²) in [6.45, 7) is -2.81. The summed E-state index contributed by atoms with van der Waals surface area (Å²) in [5.74, 6) is -2.99. The van der Waals surface area contributed by atoms with E-state index in [0.717, 1.165) is 0 Å². The Morgan fingerprint density at radius 3 is 1.65 bits per heavy atom. The molecule has 2 heterocycles. The number of ether oxygens (including phenoxy) is 2. The maximum atomic E-state index is 10.7. The molecule has 0 bridgehead atoms. The molecule has 2 fully saturated rings. The third-order valence-corrected chi connectivity index (χ3v) is 4.53. The van der Waals surface area contributed by atoms with Gasteiger partial charge in [0.25, 0.3) is 0 Å². The molecule has 9 N–H and O–H groups in total. The van der Waals surface area contributed by atoms with Gasteiger partial charge in [-0.1, -0.05) is 0 Å². The van der Waals surface area contributed by atoms with Gasteiger partial charge in [0.1, 0.15) is 42.7 Å². The lowest BCUT2D eigenvalue weighted by Crippen LogP contribution is -2.77. The zero-order valence-corrected chi connectivity index (χ0v) is 12.0. The first-order chi connectivity index (χ1) is 10.7. The normalized spacial score (nSPS) is 54.4. The van der Waals surface area contributed by atoms with Gasteiger partial charge < -0.3 is 55.4 Å². The Labute approximate surface area is 130 Å². The van der Waals surface area contributed by atoms with E-state index in [1.54, 1.807) is 0 Å². The molecule has 2 aliphatic heterocycles. The van der Waals surface area contributed by atoms with Crippen LogP contribution in [0.15, 0.2) is 0 Å². The van der Waals surface area contributed by atoms with Gasteiger partial charge in [-0.15, -0.1) is 0 Å². The fourth-order valence-electron chi connectivity index (χ4n) is 3.08. The number of hydrogen-bond acceptors (Lipinski definition) is 11. The third kappa shape index (κ3) is 2.49. The van der Waals surface area contributed by atoms with E-state index in [2.05, 4.69) is 0 Å². The van der Waals surface area contributed by atoms with Crippen LogP contribution in [0.5, 0.6) is 0 Å². The predicted molar refractivity (Wildman–Crippen MR) is 68.7 cm³/mol. The van der Waals surface area contributed by atoms with Gasteiger partial charge in [-0.25, -0.2) is 0 Å². The minimum absolute atomic E-state index is 0.777. The van der Waals surface area contributed by atoms with Crippen LogP contribution >= 0.6 is 0 Å². The van der Waals surface area contributed by atoms with Crippen LogP contribution in [-0.2, 0) is 9.47 Å². The second-order valence-electron chi connectivity index (χ2n) is 5.78. The Morgan fingerprint density at radius 1 is 0.696 bits per heavy atom. The summed E-state index contributed by atoms with van der Waals surface area (Å²) in [6, 6.07) is 0. The zero-order chi connectivity index (χ0) is 17.6. The molecule has 0 aliphatic carbocycles. The van der Waals surface area contributed by atoms with Crippen LogP contribution in [0.25, 0.3) is 0 Å². The molecule has 9 atom stereocenters. The van der Waals surface area contributed by atoms with Gasteiger partial charge in [-0.05, 0) is 0 Å². The van der Waals surface area contributed by atoms with Crippen LogP contribution < -0.4 is 0 Å². The average Bonchev–Trinajstić information content (AvgIpc) is 2.81. The summed E-state index contributed by atoms with van der Waals surface area (Å²) in [4.78, 5) is 0. The maximum Gasteiger partial charge on any atom is 0.230 e. The summed E-state index contributed by atoms with van der Waals surface area (Å²) in [5, 5.41) is 88.2. The van der Waals surface area contributed by atoms with Crippen LogP contribution in [0.4, 0.5) is 0 Å². The maximum absolute atomic E-state index is 10.7. The molecule has 11 nitrogen and oxygen atoms in total. The second-order valence-corrected chi connectivity index (χ2v) is 5.78. The SMILES string of the molecule is OC[C@H]1O[C@@](CO)([C@]2(O)O[C@H](CO)[C@@H](O)[C@H](O)[C@H]2O)[C@@H](O)[C@@H]1O. The van der Waals surface area contributed by atoms with E-state index in [1.807, 2.05) is 0 Å². The van der Waals surface area contributed by atoms with Crippen molar-refractivity contribution >= 4 is 0 Å². The topological polar surface area (TPSA) is 201 Å². The van der Waals surface area contributed by atoms with E-state index in [1.165, 1.54) is 0 Å². The standard InChI is InChI=1S/C12H22O11/c13-1-4-6(16)8(18)10(20)12(21,23-4)11(3-15)9(19)7(17)5(2-14)22-11/h4-10,13-21H,1-3H2/t4-,5-,6-,7-,8+,9+,10-,11-,12-/m1/s1. The Bertz CT molecular complexity index is 420. The van der Waals surface area contributed by atoms with Gasteiger partial charge in [0.05, 0.1) is 19.8 Å². The Hall–Kier alpha value is -0.440. The van der Waals surface area contributed by atoms with E-state index in [-0.39, 0.29) is 0 Å². The molecule has 0 aromatic heterocycles. The Kier molecular flexibility index (Phi) is 5.31. The van der Waals surface area contributed by atoms with Crippen molar-refractivity contribution in [1.82, 2.24) is 0 Å². The molecule has 136 valence electrons. The summed E-state index contributed by atoms with van der Waals surface area (Å²) in [6.07, 6.45) is -12.7. The molecule has 0 unspecified atom stereocenters. The molecular formula is C12H22O11. The fourth-order valence-corrected chi connectivity index (χ4v) is 3.08. The van der Waals surface area contributed by atoms with E-state index in [4.69, 9.17) is 19.7 Å². The van der Waals surface area contributed by atoms with Crippen molar-refractivity contribution in [2.75, 3.05) is 19.8 Å². The Morgan fingerprint density at radius 2 is 1.22 bits per heavy atom. The molecule has 0 aromatic carbocycles. The van der Waals surface area contributed by atoms with Crippen molar-refractivity contribution in [3.8, 4) is 0 Å². The molecule has 2 rings (SSSR count). The van der Waals surface area contributed by atoms with Crippen molar-refractivity contribution in [2.45, 2.75) is 54.1 Å². The third-order valence-electron chi connectivity index (χ3n) is 4.53. The van der Waals surface area contributed by atoms with Crippen molar-refractivity contribution < 1.29 is 55.4 Å². The summed E-state index contributed by atoms with van der Waals surface area (Å²) in [7, 11) is 0. The number of rotatable bonds is 4. The molecule has 0 saturated carbocycles. The van der Waals surface area contributed by atoms with Crippen LogP contribution in [0.3, 0.4) is 0 Å². The molecule has 0 spiro atoms. The minimum Gasteiger partial charge on any atom is -0.394 e. The van der Waals surface area contributed by atoms with Gasteiger partial charge in [-0.2, -0.15) is 0 Å². The Balaban J connectivity index is 2.46. The molecule has 0 radical (unpaired) electrons. The lowest BCUT2D eigenvalue weighted by atomic mass is 9.78. The first-order valence-electron chi connectivity index (χ1n) is 7.01. The highest BCUT2D eigenvalue weighted by Gasteiger charge is 2.71. The molecule has 2 aliphatic rings. The van der Waals surface area contributed by atoms with E-state index in [9.17, 15) is 35.7 Å². The number of hydrogen-bond donors (Lipinski definition) is 9. The van der Waals surface area contributed by atoms with Crippen molar-refractivity contribution in [3.63, 3.8) is 0 Å². The summed E-state index contributed by atoms with van der Waals surface area (Å²) < 4.78 is 10.2. The second kappa shape index (κ2) is 6.46. The highest BCUT2D eigenvalue weighted by atomic mass is 16.7. The molecule has 23 heavy (non-hydrogen) atoms. The number of aliphatic hydroxyl groups excluding tert-OH is 8. The van der Waals surface area contributed by atoms with Gasteiger partial charge in [0, 0.05) is 0 Å². The lowest BCUT2D eigenvalue weighted by molar-refractivity contribution is -0.415. The molecular weight excluding hydrogens is 320 g/mol. The van der Waals surface area contributed by atoms with Crippen molar-refractivity contribution in [2.24, 2.45) is 0 Å². The predicted octanol–water partition coefficient (Wildman–Crippen LogP) is -6.01. The largest absolute Gasteiger partial charge is 0.394 e. The van der Waals surface area contributed by atoms with Crippen LogP contribution in [0.2, 0.25) is 0 Å². The van der Waals surface area contributed by atoms with Crippen LogP contribution in [0, 0.1) is 0 Å². The van der Waals surface area contributed by atoms with E-state index < -0.39 is 73.9 Å². The first-order valence-corrected chi connectivity index (χ1v) is 7.01. The highest BCUT2D eigenvalue weighted by molar-refractivity contribution is 5.15. The quantitative estimate of drug-likeness (QED) is 0.235.